The van der Waals surface area contributed by atoms with E-state index < -0.39 is 0 Å². The van der Waals surface area contributed by atoms with Crippen LogP contribution in [0.1, 0.15) is 29.7 Å². The van der Waals surface area contributed by atoms with Gasteiger partial charge in [0.1, 0.15) is 0 Å². The highest BCUT2D eigenvalue weighted by atomic mass is 32.2. The Morgan fingerprint density at radius 2 is 2.11 bits per heavy atom. The topological polar surface area (TPSA) is 24.9 Å². The maximum atomic E-state index is 4.23. The molecule has 0 saturated carbocycles. The average molecular weight is 272 g/mol. The van der Waals surface area contributed by atoms with Gasteiger partial charge in [-0.15, -0.1) is 11.8 Å². The minimum absolute atomic E-state index is 0.390. The Kier molecular flexibility index (Phi) is 5.00. The summed E-state index contributed by atoms with van der Waals surface area (Å²) in [4.78, 5) is 5.54. The summed E-state index contributed by atoms with van der Waals surface area (Å²) in [7, 11) is 1.99. The second-order valence-electron chi connectivity index (χ2n) is 4.74. The van der Waals surface area contributed by atoms with E-state index in [0.29, 0.717) is 6.04 Å². The molecule has 2 rings (SSSR count). The second-order valence-corrected chi connectivity index (χ2v) is 5.79. The molecule has 2 nitrogen and oxygen atoms in total. The fraction of sp³-hybridized carbons (Fsp3) is 0.312. The molecule has 0 fully saturated rings. The smallest absolute Gasteiger partial charge is 0.0308 e. The first-order chi connectivity index (χ1) is 9.19. The van der Waals surface area contributed by atoms with Crippen LogP contribution in [0.2, 0.25) is 0 Å². The number of hydrogen-bond acceptors (Lipinski definition) is 3. The molecule has 100 valence electrons. The molecule has 0 bridgehead atoms. The Morgan fingerprint density at radius 1 is 1.26 bits per heavy atom. The summed E-state index contributed by atoms with van der Waals surface area (Å²) in [6.45, 7) is 4.25. The fourth-order valence-electron chi connectivity index (χ4n) is 1.90. The van der Waals surface area contributed by atoms with E-state index in [2.05, 4.69) is 54.5 Å². The van der Waals surface area contributed by atoms with E-state index in [1.165, 1.54) is 21.6 Å². The second kappa shape index (κ2) is 6.73. The van der Waals surface area contributed by atoms with E-state index in [0.717, 1.165) is 5.75 Å². The van der Waals surface area contributed by atoms with Crippen molar-refractivity contribution in [1.82, 2.24) is 10.3 Å². The molecule has 0 amide bonds. The zero-order valence-corrected chi connectivity index (χ0v) is 12.5. The number of nitrogens with zero attached hydrogens (tertiary/aromatic N) is 1. The Morgan fingerprint density at radius 3 is 2.84 bits per heavy atom. The number of pyridine rings is 1. The highest BCUT2D eigenvalue weighted by molar-refractivity contribution is 7.98. The first-order valence-corrected chi connectivity index (χ1v) is 7.48. The monoisotopic (exact) mass is 272 g/mol. The Balaban J connectivity index is 2.03. The zero-order chi connectivity index (χ0) is 13.7. The van der Waals surface area contributed by atoms with E-state index in [9.17, 15) is 0 Å². The molecule has 0 spiro atoms. The van der Waals surface area contributed by atoms with Crippen LogP contribution < -0.4 is 5.32 Å². The van der Waals surface area contributed by atoms with E-state index in [1.807, 2.05) is 31.2 Å². The molecule has 2 aromatic rings. The number of nitrogens with one attached hydrogen (secondary N) is 1. The predicted molar refractivity (Wildman–Crippen MR) is 82.5 cm³/mol. The molecule has 1 unspecified atom stereocenters. The Labute approximate surface area is 119 Å². The average Bonchev–Trinajstić information content (AvgIpc) is 2.45. The van der Waals surface area contributed by atoms with Crippen molar-refractivity contribution in [2.75, 3.05) is 7.05 Å². The van der Waals surface area contributed by atoms with Crippen LogP contribution in [0, 0.1) is 6.92 Å². The highest BCUT2D eigenvalue weighted by Gasteiger charge is 2.04. The third-order valence-electron chi connectivity index (χ3n) is 3.13. The van der Waals surface area contributed by atoms with Crippen molar-refractivity contribution >= 4 is 11.8 Å². The van der Waals surface area contributed by atoms with Crippen LogP contribution in [0.25, 0.3) is 0 Å². The summed E-state index contributed by atoms with van der Waals surface area (Å²) in [5.74, 6) is 0.964. The fourth-order valence-corrected chi connectivity index (χ4v) is 2.79. The largest absolute Gasteiger partial charge is 0.313 e. The summed E-state index contributed by atoms with van der Waals surface area (Å²) in [5, 5.41) is 3.27. The van der Waals surface area contributed by atoms with Gasteiger partial charge in [-0.3, -0.25) is 4.98 Å². The van der Waals surface area contributed by atoms with Gasteiger partial charge in [0.2, 0.25) is 0 Å². The Hall–Kier alpha value is -1.32. The lowest BCUT2D eigenvalue weighted by molar-refractivity contribution is 0.651. The number of aryl methyl sites for hydroxylation is 1. The maximum absolute atomic E-state index is 4.23. The van der Waals surface area contributed by atoms with E-state index in [4.69, 9.17) is 0 Å². The predicted octanol–water partition coefficient (Wildman–Crippen LogP) is 3.96. The molecule has 3 heteroatoms. The van der Waals surface area contributed by atoms with Gasteiger partial charge >= 0.3 is 0 Å². The first kappa shape index (κ1) is 14.1. The molecule has 0 aliphatic heterocycles. The van der Waals surface area contributed by atoms with Crippen LogP contribution in [0.3, 0.4) is 0 Å². The molecule has 1 N–H and O–H groups in total. The van der Waals surface area contributed by atoms with Crippen molar-refractivity contribution in [2.45, 2.75) is 30.5 Å². The van der Waals surface area contributed by atoms with Gasteiger partial charge in [0.25, 0.3) is 0 Å². The lowest BCUT2D eigenvalue weighted by atomic mass is 10.1. The number of hydrogen-bond donors (Lipinski definition) is 1. The van der Waals surface area contributed by atoms with Gasteiger partial charge in [0, 0.05) is 29.1 Å². The van der Waals surface area contributed by atoms with Crippen LogP contribution in [0.4, 0.5) is 0 Å². The van der Waals surface area contributed by atoms with Crippen molar-refractivity contribution < 1.29 is 0 Å². The third kappa shape index (κ3) is 4.08. The Bertz CT molecular complexity index is 540. The minimum Gasteiger partial charge on any atom is -0.313 e. The van der Waals surface area contributed by atoms with Gasteiger partial charge in [-0.05, 0) is 49.7 Å². The molecule has 0 aliphatic carbocycles. The molecule has 1 heterocycles. The summed E-state index contributed by atoms with van der Waals surface area (Å²) in [5.41, 5.74) is 3.82. The number of rotatable bonds is 5. The summed E-state index contributed by atoms with van der Waals surface area (Å²) in [6, 6.07) is 11.3. The standard InChI is InChI=1S/C16H20N2S/c1-12-7-14(10-18-9-12)11-19-16-6-4-5-15(8-16)13(2)17-3/h4-10,13,17H,11H2,1-3H3. The van der Waals surface area contributed by atoms with Crippen LogP contribution in [0.15, 0.2) is 47.6 Å². The number of benzene rings is 1. The maximum Gasteiger partial charge on any atom is 0.0308 e. The van der Waals surface area contributed by atoms with Crippen molar-refractivity contribution in [3.63, 3.8) is 0 Å². The summed E-state index contributed by atoms with van der Waals surface area (Å²) < 4.78 is 0. The van der Waals surface area contributed by atoms with Gasteiger partial charge in [-0.1, -0.05) is 18.2 Å². The van der Waals surface area contributed by atoms with E-state index in [1.54, 1.807) is 0 Å². The van der Waals surface area contributed by atoms with Crippen molar-refractivity contribution in [1.29, 1.82) is 0 Å². The van der Waals surface area contributed by atoms with Crippen LogP contribution >= 0.6 is 11.8 Å². The molecular weight excluding hydrogens is 252 g/mol. The molecule has 1 aromatic carbocycles. The van der Waals surface area contributed by atoms with E-state index >= 15 is 0 Å². The van der Waals surface area contributed by atoms with Crippen LogP contribution in [0.5, 0.6) is 0 Å². The molecular formula is C16H20N2S. The highest BCUT2D eigenvalue weighted by Crippen LogP contribution is 2.25. The third-order valence-corrected chi connectivity index (χ3v) is 4.19. The lowest BCUT2D eigenvalue weighted by Gasteiger charge is -2.11. The molecule has 1 atom stereocenters. The SMILES string of the molecule is CNC(C)c1cccc(SCc2cncc(C)c2)c1. The van der Waals surface area contributed by atoms with Gasteiger partial charge < -0.3 is 5.32 Å². The normalized spacial score (nSPS) is 12.4. The van der Waals surface area contributed by atoms with Crippen molar-refractivity contribution in [2.24, 2.45) is 0 Å². The van der Waals surface area contributed by atoms with Gasteiger partial charge in [-0.2, -0.15) is 0 Å². The first-order valence-electron chi connectivity index (χ1n) is 6.49. The van der Waals surface area contributed by atoms with Crippen molar-refractivity contribution in [3.05, 3.63) is 59.4 Å². The summed E-state index contributed by atoms with van der Waals surface area (Å²) in [6.07, 6.45) is 3.84. The van der Waals surface area contributed by atoms with Crippen LogP contribution in [-0.2, 0) is 5.75 Å². The van der Waals surface area contributed by atoms with Gasteiger partial charge in [0.05, 0.1) is 0 Å². The molecule has 19 heavy (non-hydrogen) atoms. The number of aromatic nitrogens is 1. The van der Waals surface area contributed by atoms with Crippen LogP contribution in [-0.4, -0.2) is 12.0 Å². The quantitative estimate of drug-likeness (QED) is 0.834. The number of thioether (sulfide) groups is 1. The van der Waals surface area contributed by atoms with Gasteiger partial charge in [-0.25, -0.2) is 0 Å². The zero-order valence-electron chi connectivity index (χ0n) is 11.7. The summed E-state index contributed by atoms with van der Waals surface area (Å²) >= 11 is 1.86. The molecule has 0 aliphatic rings. The van der Waals surface area contributed by atoms with Crippen molar-refractivity contribution in [3.8, 4) is 0 Å². The lowest BCUT2D eigenvalue weighted by Crippen LogP contribution is -2.11. The van der Waals surface area contributed by atoms with Gasteiger partial charge in [0.15, 0.2) is 0 Å². The molecule has 1 aromatic heterocycles. The minimum atomic E-state index is 0.390. The molecule has 0 saturated heterocycles. The van der Waals surface area contributed by atoms with E-state index in [-0.39, 0.29) is 0 Å². The molecule has 0 radical (unpaired) electrons.